The van der Waals surface area contributed by atoms with E-state index in [0.717, 1.165) is 11.3 Å². The van der Waals surface area contributed by atoms with Gasteiger partial charge in [-0.2, -0.15) is 0 Å². The molecule has 21 heavy (non-hydrogen) atoms. The number of thioether (sulfide) groups is 1. The van der Waals surface area contributed by atoms with Gasteiger partial charge < -0.3 is 14.7 Å². The fourth-order valence-corrected chi connectivity index (χ4v) is 2.68. The number of amides is 1. The number of aliphatic carboxylic acids is 1. The van der Waals surface area contributed by atoms with E-state index in [-0.39, 0.29) is 24.2 Å². The number of benzene rings is 1. The third-order valence-electron chi connectivity index (χ3n) is 2.89. The molecule has 0 heterocycles. The Morgan fingerprint density at radius 2 is 2.00 bits per heavy atom. The Kier molecular flexibility index (Phi) is 7.85. The molecule has 1 amide bonds. The minimum Gasteiger partial charge on any atom is -0.480 e. The molecule has 1 aromatic rings. The maximum absolute atomic E-state index is 12.3. The SMILES string of the molecule is COCCN(CC(=O)O)C(=O)C(C)SCc1ccccc1. The second-order valence-electron chi connectivity index (χ2n) is 4.59. The Balaban J connectivity index is 2.54. The summed E-state index contributed by atoms with van der Waals surface area (Å²) in [5, 5.41) is 8.59. The smallest absolute Gasteiger partial charge is 0.323 e. The minimum absolute atomic E-state index is 0.171. The van der Waals surface area contributed by atoms with Crippen molar-refractivity contribution in [1.29, 1.82) is 0 Å². The molecule has 0 aliphatic rings. The number of ether oxygens (including phenoxy) is 1. The Bertz CT molecular complexity index is 452. The summed E-state index contributed by atoms with van der Waals surface area (Å²) in [6.07, 6.45) is 0. The lowest BCUT2D eigenvalue weighted by atomic mass is 10.2. The molecular weight excluding hydrogens is 290 g/mol. The van der Waals surface area contributed by atoms with E-state index in [1.54, 1.807) is 6.92 Å². The van der Waals surface area contributed by atoms with E-state index in [1.165, 1.54) is 23.8 Å². The molecule has 0 spiro atoms. The number of nitrogens with zero attached hydrogens (tertiary/aromatic N) is 1. The highest BCUT2D eigenvalue weighted by molar-refractivity contribution is 7.99. The van der Waals surface area contributed by atoms with Crippen molar-refractivity contribution in [2.45, 2.75) is 17.9 Å². The van der Waals surface area contributed by atoms with Gasteiger partial charge in [0.2, 0.25) is 5.91 Å². The van der Waals surface area contributed by atoms with Gasteiger partial charge in [-0.3, -0.25) is 9.59 Å². The summed E-state index contributed by atoms with van der Waals surface area (Å²) < 4.78 is 4.92. The molecule has 0 aromatic heterocycles. The normalized spacial score (nSPS) is 11.9. The number of carbonyl (C=O) groups excluding carboxylic acids is 1. The first-order chi connectivity index (χ1) is 10.0. The maximum atomic E-state index is 12.3. The lowest BCUT2D eigenvalue weighted by Crippen LogP contribution is -2.42. The van der Waals surface area contributed by atoms with Gasteiger partial charge in [-0.05, 0) is 12.5 Å². The molecule has 1 aromatic carbocycles. The predicted octanol–water partition coefficient (Wildman–Crippen LogP) is 1.87. The van der Waals surface area contributed by atoms with E-state index in [9.17, 15) is 9.59 Å². The van der Waals surface area contributed by atoms with Crippen LogP contribution in [0.1, 0.15) is 12.5 Å². The number of hydrogen-bond donors (Lipinski definition) is 1. The third-order valence-corrected chi connectivity index (χ3v) is 4.10. The molecule has 0 saturated heterocycles. The van der Waals surface area contributed by atoms with Crippen molar-refractivity contribution in [3.05, 3.63) is 35.9 Å². The summed E-state index contributed by atoms with van der Waals surface area (Å²) in [7, 11) is 1.52. The third kappa shape index (κ3) is 6.64. The van der Waals surface area contributed by atoms with Crippen molar-refractivity contribution >= 4 is 23.6 Å². The molecule has 0 saturated carbocycles. The quantitative estimate of drug-likeness (QED) is 0.754. The minimum atomic E-state index is -1.01. The van der Waals surface area contributed by atoms with Crippen LogP contribution in [0.15, 0.2) is 30.3 Å². The molecule has 5 nitrogen and oxygen atoms in total. The fraction of sp³-hybridized carbons (Fsp3) is 0.467. The van der Waals surface area contributed by atoms with Crippen LogP contribution in [0, 0.1) is 0 Å². The molecule has 1 unspecified atom stereocenters. The number of carboxylic acids is 1. The van der Waals surface area contributed by atoms with Crippen molar-refractivity contribution in [3.63, 3.8) is 0 Å². The summed E-state index contributed by atoms with van der Waals surface area (Å²) in [6, 6.07) is 9.87. The van der Waals surface area contributed by atoms with Crippen LogP contribution in [-0.4, -0.2) is 53.9 Å². The van der Waals surface area contributed by atoms with Crippen LogP contribution in [0.5, 0.6) is 0 Å². The Morgan fingerprint density at radius 1 is 1.33 bits per heavy atom. The van der Waals surface area contributed by atoms with E-state index in [0.29, 0.717) is 6.61 Å². The zero-order chi connectivity index (χ0) is 15.7. The molecular formula is C15H21NO4S. The number of hydrogen-bond acceptors (Lipinski definition) is 4. The number of carbonyl (C=O) groups is 2. The van der Waals surface area contributed by atoms with Gasteiger partial charge >= 0.3 is 5.97 Å². The molecule has 116 valence electrons. The standard InChI is InChI=1S/C15H21NO4S/c1-12(21-11-13-6-4-3-5-7-13)15(19)16(8-9-20-2)10-14(17)18/h3-7,12H,8-11H2,1-2H3,(H,17,18). The number of methoxy groups -OCH3 is 1. The molecule has 0 radical (unpaired) electrons. The van der Waals surface area contributed by atoms with Crippen LogP contribution in [0.3, 0.4) is 0 Å². The predicted molar refractivity (Wildman–Crippen MR) is 83.3 cm³/mol. The van der Waals surface area contributed by atoms with Crippen LogP contribution < -0.4 is 0 Å². The van der Waals surface area contributed by atoms with Crippen molar-refractivity contribution in [1.82, 2.24) is 4.90 Å². The molecule has 1 rings (SSSR count). The van der Waals surface area contributed by atoms with Crippen LogP contribution in [0.4, 0.5) is 0 Å². The van der Waals surface area contributed by atoms with Gasteiger partial charge in [-0.25, -0.2) is 0 Å². The lowest BCUT2D eigenvalue weighted by molar-refractivity contribution is -0.144. The average Bonchev–Trinajstić information content (AvgIpc) is 2.49. The van der Waals surface area contributed by atoms with Crippen molar-refractivity contribution in [3.8, 4) is 0 Å². The van der Waals surface area contributed by atoms with Crippen molar-refractivity contribution in [2.24, 2.45) is 0 Å². The van der Waals surface area contributed by atoms with E-state index < -0.39 is 5.97 Å². The Hall–Kier alpha value is -1.53. The fourth-order valence-electron chi connectivity index (χ4n) is 1.76. The number of rotatable bonds is 9. The van der Waals surface area contributed by atoms with Crippen LogP contribution >= 0.6 is 11.8 Å². The molecule has 0 aliphatic carbocycles. The average molecular weight is 311 g/mol. The van der Waals surface area contributed by atoms with Gasteiger partial charge in [0.1, 0.15) is 6.54 Å². The van der Waals surface area contributed by atoms with Crippen LogP contribution in [-0.2, 0) is 20.1 Å². The van der Waals surface area contributed by atoms with Gasteiger partial charge in [-0.1, -0.05) is 30.3 Å². The van der Waals surface area contributed by atoms with Gasteiger partial charge in [-0.15, -0.1) is 11.8 Å². The highest BCUT2D eigenvalue weighted by Gasteiger charge is 2.22. The van der Waals surface area contributed by atoms with Gasteiger partial charge in [0.15, 0.2) is 0 Å². The summed E-state index contributed by atoms with van der Waals surface area (Å²) in [6.45, 7) is 2.13. The number of carboxylic acid groups (broad SMARTS) is 1. The molecule has 0 bridgehead atoms. The summed E-state index contributed by atoms with van der Waals surface area (Å²) in [4.78, 5) is 24.5. The summed E-state index contributed by atoms with van der Waals surface area (Å²) in [5.74, 6) is -0.464. The first-order valence-electron chi connectivity index (χ1n) is 6.69. The molecule has 6 heteroatoms. The first kappa shape index (κ1) is 17.5. The van der Waals surface area contributed by atoms with E-state index in [4.69, 9.17) is 9.84 Å². The van der Waals surface area contributed by atoms with E-state index in [1.807, 2.05) is 30.3 Å². The second-order valence-corrected chi connectivity index (χ2v) is 5.91. The monoisotopic (exact) mass is 311 g/mol. The van der Waals surface area contributed by atoms with Crippen molar-refractivity contribution < 1.29 is 19.4 Å². The lowest BCUT2D eigenvalue weighted by Gasteiger charge is -2.23. The van der Waals surface area contributed by atoms with Crippen LogP contribution in [0.25, 0.3) is 0 Å². The zero-order valence-electron chi connectivity index (χ0n) is 12.3. The van der Waals surface area contributed by atoms with E-state index >= 15 is 0 Å². The summed E-state index contributed by atoms with van der Waals surface area (Å²) in [5.41, 5.74) is 1.14. The van der Waals surface area contributed by atoms with Gasteiger partial charge in [0.05, 0.1) is 11.9 Å². The zero-order valence-corrected chi connectivity index (χ0v) is 13.1. The first-order valence-corrected chi connectivity index (χ1v) is 7.74. The van der Waals surface area contributed by atoms with Crippen LogP contribution in [0.2, 0.25) is 0 Å². The Labute approximate surface area is 129 Å². The molecule has 1 atom stereocenters. The maximum Gasteiger partial charge on any atom is 0.323 e. The van der Waals surface area contributed by atoms with Crippen molar-refractivity contribution in [2.75, 3.05) is 26.8 Å². The molecule has 0 fully saturated rings. The largest absolute Gasteiger partial charge is 0.480 e. The van der Waals surface area contributed by atoms with E-state index in [2.05, 4.69) is 0 Å². The molecule has 1 N–H and O–H groups in total. The highest BCUT2D eigenvalue weighted by Crippen LogP contribution is 2.19. The van der Waals surface area contributed by atoms with Gasteiger partial charge in [0.25, 0.3) is 0 Å². The Morgan fingerprint density at radius 3 is 2.57 bits per heavy atom. The van der Waals surface area contributed by atoms with Gasteiger partial charge in [0, 0.05) is 19.4 Å². The second kappa shape index (κ2) is 9.41. The highest BCUT2D eigenvalue weighted by atomic mass is 32.2. The molecule has 0 aliphatic heterocycles. The topological polar surface area (TPSA) is 66.8 Å². The summed E-state index contributed by atoms with van der Waals surface area (Å²) >= 11 is 1.50.